The minimum atomic E-state index is -0.850. The molecule has 1 fully saturated rings. The van der Waals surface area contributed by atoms with Crippen LogP contribution in [-0.2, 0) is 0 Å². The van der Waals surface area contributed by atoms with Gasteiger partial charge in [-0.3, -0.25) is 0 Å². The van der Waals surface area contributed by atoms with E-state index in [1.165, 1.54) is 4.90 Å². The highest BCUT2D eigenvalue weighted by atomic mass is 79.9. The summed E-state index contributed by atoms with van der Waals surface area (Å²) < 4.78 is 6.63. The lowest BCUT2D eigenvalue weighted by Crippen LogP contribution is -2.27. The first-order valence-corrected chi connectivity index (χ1v) is 7.33. The number of hydrogen-bond donors (Lipinski definition) is 1. The second kappa shape index (κ2) is 4.87. The van der Waals surface area contributed by atoms with Crippen LogP contribution < -0.4 is 4.74 Å². The Morgan fingerprint density at radius 1 is 1.47 bits per heavy atom. The van der Waals surface area contributed by atoms with E-state index in [0.717, 1.165) is 22.2 Å². The number of benzene rings is 1. The molecule has 3 rings (SSSR count). The van der Waals surface area contributed by atoms with Crippen molar-refractivity contribution in [3.8, 4) is 5.75 Å². The number of fused-ring (bicyclic) bond motifs is 3. The summed E-state index contributed by atoms with van der Waals surface area (Å²) in [7, 11) is 0. The van der Waals surface area contributed by atoms with Gasteiger partial charge in [0.2, 0.25) is 0 Å². The molecule has 2 aliphatic rings. The third-order valence-electron chi connectivity index (χ3n) is 3.88. The summed E-state index contributed by atoms with van der Waals surface area (Å²) in [4.78, 5) is 12.6. The molecule has 1 aromatic carbocycles. The van der Waals surface area contributed by atoms with Crippen molar-refractivity contribution in [1.29, 1.82) is 0 Å². The zero-order valence-electron chi connectivity index (χ0n) is 10.1. The number of nitrogens with zero attached hydrogens (tertiary/aromatic N) is 1. The highest BCUT2D eigenvalue weighted by Crippen LogP contribution is 2.45. The van der Waals surface area contributed by atoms with Crippen molar-refractivity contribution in [2.24, 2.45) is 5.92 Å². The van der Waals surface area contributed by atoms with Gasteiger partial charge in [-0.25, -0.2) is 4.79 Å². The monoisotopic (exact) mass is 345 g/mol. The number of likely N-dealkylation sites (tertiary alicyclic amines) is 1. The zero-order chi connectivity index (χ0) is 13.6. The van der Waals surface area contributed by atoms with Crippen molar-refractivity contribution >= 4 is 33.6 Å². The number of hydrogen-bond acceptors (Lipinski definition) is 2. The lowest BCUT2D eigenvalue weighted by atomic mass is 9.87. The first-order valence-electron chi connectivity index (χ1n) is 6.16. The molecular formula is C13H13BrClNO3. The zero-order valence-corrected chi connectivity index (χ0v) is 12.4. The Balaban J connectivity index is 2.03. The number of ether oxygens (including phenoxy) is 1. The maximum absolute atomic E-state index is 11.1. The predicted molar refractivity (Wildman–Crippen MR) is 75.1 cm³/mol. The standard InChI is InChI=1S/C13H13BrClNO3/c14-11-4-8(15)3-9-10-6-16(13(17)18)5-7(10)1-2-19-12(9)11/h3-4,7,10H,1-2,5-6H2,(H,17,18)/t7-,10-/m0/s1. The third-order valence-corrected chi connectivity index (χ3v) is 4.69. The van der Waals surface area contributed by atoms with Gasteiger partial charge in [-0.1, -0.05) is 11.6 Å². The number of rotatable bonds is 0. The van der Waals surface area contributed by atoms with Crippen LogP contribution in [0.2, 0.25) is 5.02 Å². The molecule has 4 nitrogen and oxygen atoms in total. The topological polar surface area (TPSA) is 49.8 Å². The molecule has 2 atom stereocenters. The fraction of sp³-hybridized carbons (Fsp3) is 0.462. The molecule has 0 spiro atoms. The van der Waals surface area contributed by atoms with Gasteiger partial charge < -0.3 is 14.7 Å². The molecule has 0 aromatic heterocycles. The summed E-state index contributed by atoms with van der Waals surface area (Å²) in [5.74, 6) is 1.29. The van der Waals surface area contributed by atoms with Crippen molar-refractivity contribution < 1.29 is 14.6 Å². The average Bonchev–Trinajstić information content (AvgIpc) is 2.68. The van der Waals surface area contributed by atoms with Gasteiger partial charge in [-0.05, 0) is 40.4 Å². The minimum Gasteiger partial charge on any atom is -0.492 e. The Hall–Kier alpha value is -0.940. The summed E-state index contributed by atoms with van der Waals surface area (Å²) >= 11 is 9.58. The normalized spacial score (nSPS) is 25.3. The number of carbonyl (C=O) groups is 1. The molecule has 1 saturated heterocycles. The maximum Gasteiger partial charge on any atom is 0.407 e. The van der Waals surface area contributed by atoms with Gasteiger partial charge >= 0.3 is 6.09 Å². The molecule has 0 radical (unpaired) electrons. The maximum atomic E-state index is 11.1. The highest BCUT2D eigenvalue weighted by Gasteiger charge is 2.39. The van der Waals surface area contributed by atoms with E-state index in [2.05, 4.69) is 15.9 Å². The van der Waals surface area contributed by atoms with Gasteiger partial charge in [0.1, 0.15) is 5.75 Å². The minimum absolute atomic E-state index is 0.170. The second-order valence-corrected chi connectivity index (χ2v) is 6.29. The molecule has 102 valence electrons. The van der Waals surface area contributed by atoms with E-state index in [4.69, 9.17) is 21.4 Å². The van der Waals surface area contributed by atoms with Crippen molar-refractivity contribution in [2.75, 3.05) is 19.7 Å². The van der Waals surface area contributed by atoms with E-state index in [1.54, 1.807) is 0 Å². The molecular weight excluding hydrogens is 334 g/mol. The molecule has 1 N–H and O–H groups in total. The fourth-order valence-electron chi connectivity index (χ4n) is 2.99. The molecule has 0 saturated carbocycles. The molecule has 0 bridgehead atoms. The van der Waals surface area contributed by atoms with Crippen LogP contribution in [-0.4, -0.2) is 35.8 Å². The quantitative estimate of drug-likeness (QED) is 0.781. The van der Waals surface area contributed by atoms with E-state index in [1.807, 2.05) is 12.1 Å². The van der Waals surface area contributed by atoms with E-state index in [0.29, 0.717) is 30.6 Å². The van der Waals surface area contributed by atoms with Crippen LogP contribution in [0.3, 0.4) is 0 Å². The van der Waals surface area contributed by atoms with E-state index in [-0.39, 0.29) is 5.92 Å². The molecule has 0 unspecified atom stereocenters. The van der Waals surface area contributed by atoms with Crippen molar-refractivity contribution in [1.82, 2.24) is 4.90 Å². The Morgan fingerprint density at radius 2 is 2.26 bits per heavy atom. The van der Waals surface area contributed by atoms with Gasteiger partial charge in [0.25, 0.3) is 0 Å². The number of halogens is 2. The van der Waals surface area contributed by atoms with Crippen LogP contribution in [0, 0.1) is 5.92 Å². The van der Waals surface area contributed by atoms with Crippen molar-refractivity contribution in [2.45, 2.75) is 12.3 Å². The van der Waals surface area contributed by atoms with Crippen LogP contribution in [0.25, 0.3) is 0 Å². The largest absolute Gasteiger partial charge is 0.492 e. The summed E-state index contributed by atoms with van der Waals surface area (Å²) in [5.41, 5.74) is 1.02. The molecule has 2 heterocycles. The van der Waals surface area contributed by atoms with Crippen LogP contribution >= 0.6 is 27.5 Å². The number of amides is 1. The molecule has 0 aliphatic carbocycles. The van der Waals surface area contributed by atoms with E-state index >= 15 is 0 Å². The Bertz CT molecular complexity index is 537. The number of carboxylic acid groups (broad SMARTS) is 1. The van der Waals surface area contributed by atoms with Gasteiger partial charge in [0.15, 0.2) is 0 Å². The summed E-state index contributed by atoms with van der Waals surface area (Å²) in [5, 5.41) is 9.79. The van der Waals surface area contributed by atoms with Crippen LogP contribution in [0.15, 0.2) is 16.6 Å². The van der Waals surface area contributed by atoms with Crippen LogP contribution in [0.5, 0.6) is 5.75 Å². The first-order chi connectivity index (χ1) is 9.06. The summed E-state index contributed by atoms with van der Waals surface area (Å²) in [6.45, 7) is 1.71. The highest BCUT2D eigenvalue weighted by molar-refractivity contribution is 9.10. The first kappa shape index (κ1) is 13.1. The second-order valence-electron chi connectivity index (χ2n) is 5.00. The van der Waals surface area contributed by atoms with Crippen LogP contribution in [0.4, 0.5) is 4.79 Å². The Kier molecular flexibility index (Phi) is 3.35. The van der Waals surface area contributed by atoms with Crippen LogP contribution in [0.1, 0.15) is 17.9 Å². The SMILES string of the molecule is O=C(O)N1C[C@@H]2CCOc3c(Br)cc(Cl)cc3[C@H]2C1. The predicted octanol–water partition coefficient (Wildman–Crippen LogP) is 3.58. The van der Waals surface area contributed by atoms with Gasteiger partial charge in [-0.15, -0.1) is 0 Å². The van der Waals surface area contributed by atoms with Gasteiger partial charge in [0.05, 0.1) is 11.1 Å². The summed E-state index contributed by atoms with van der Waals surface area (Å²) in [6, 6.07) is 3.71. The third kappa shape index (κ3) is 2.30. The van der Waals surface area contributed by atoms with Crippen molar-refractivity contribution in [3.63, 3.8) is 0 Å². The summed E-state index contributed by atoms with van der Waals surface area (Å²) in [6.07, 6.45) is 0.0179. The lowest BCUT2D eigenvalue weighted by molar-refractivity contribution is 0.152. The average molecular weight is 347 g/mol. The van der Waals surface area contributed by atoms with E-state index < -0.39 is 6.09 Å². The fourth-order valence-corrected chi connectivity index (χ4v) is 3.94. The molecule has 6 heteroatoms. The molecule has 19 heavy (non-hydrogen) atoms. The molecule has 1 aromatic rings. The Morgan fingerprint density at radius 3 is 3.00 bits per heavy atom. The molecule has 1 amide bonds. The lowest BCUT2D eigenvalue weighted by Gasteiger charge is -2.17. The smallest absolute Gasteiger partial charge is 0.407 e. The van der Waals surface area contributed by atoms with Gasteiger partial charge in [0, 0.05) is 29.6 Å². The Labute approximate surface area is 124 Å². The van der Waals surface area contributed by atoms with Crippen molar-refractivity contribution in [3.05, 3.63) is 27.2 Å². The van der Waals surface area contributed by atoms with Gasteiger partial charge in [-0.2, -0.15) is 0 Å². The van der Waals surface area contributed by atoms with E-state index in [9.17, 15) is 4.79 Å². The molecule has 2 aliphatic heterocycles.